The zero-order valence-electron chi connectivity index (χ0n) is 17.5. The molecule has 2 bridgehead atoms. The predicted octanol–water partition coefficient (Wildman–Crippen LogP) is 0.702. The van der Waals surface area contributed by atoms with E-state index in [0.29, 0.717) is 12.3 Å². The van der Waals surface area contributed by atoms with Crippen molar-refractivity contribution >= 4 is 11.8 Å². The van der Waals surface area contributed by atoms with Crippen LogP contribution in [-0.2, 0) is 9.59 Å². The van der Waals surface area contributed by atoms with Gasteiger partial charge in [-0.2, -0.15) is 0 Å². The maximum atomic E-state index is 12.5. The largest absolute Gasteiger partial charge is 0.480 e. The van der Waals surface area contributed by atoms with Crippen LogP contribution in [0.3, 0.4) is 0 Å². The van der Waals surface area contributed by atoms with Crippen LogP contribution < -0.4 is 0 Å². The summed E-state index contributed by atoms with van der Waals surface area (Å²) in [5.41, 5.74) is -0.282. The van der Waals surface area contributed by atoms with Gasteiger partial charge in [-0.1, -0.05) is 20.8 Å². The van der Waals surface area contributed by atoms with Crippen LogP contribution in [0.15, 0.2) is 0 Å². The SMILES string of the molecule is CC(C)(C)C(=O)CN1CCCN2CCN(CCCN(CC(=O)O)CC2)CC1. The summed E-state index contributed by atoms with van der Waals surface area (Å²) in [5.74, 6) is -0.427. The zero-order chi connectivity index (χ0) is 19.9. The molecule has 2 atom stereocenters. The van der Waals surface area contributed by atoms with Gasteiger partial charge in [0.25, 0.3) is 0 Å². The average molecular weight is 383 g/mol. The van der Waals surface area contributed by atoms with E-state index >= 15 is 0 Å². The number of carbonyl (C=O) groups is 2. The van der Waals surface area contributed by atoms with Crippen LogP contribution in [0.4, 0.5) is 0 Å². The van der Waals surface area contributed by atoms with Gasteiger partial charge < -0.3 is 14.9 Å². The number of carbonyl (C=O) groups excluding carboxylic acids is 1. The number of hydrogen-bond acceptors (Lipinski definition) is 6. The van der Waals surface area contributed by atoms with Crippen LogP contribution in [-0.4, -0.2) is 115 Å². The van der Waals surface area contributed by atoms with Crippen molar-refractivity contribution < 1.29 is 14.7 Å². The highest BCUT2D eigenvalue weighted by molar-refractivity contribution is 5.85. The van der Waals surface area contributed by atoms with E-state index in [0.717, 1.165) is 78.3 Å². The van der Waals surface area contributed by atoms with Crippen LogP contribution in [0.2, 0.25) is 0 Å². The van der Waals surface area contributed by atoms with Gasteiger partial charge in [0, 0.05) is 51.2 Å². The van der Waals surface area contributed by atoms with Crippen molar-refractivity contribution in [2.24, 2.45) is 5.41 Å². The fourth-order valence-corrected chi connectivity index (χ4v) is 3.73. The number of fused-ring (bicyclic) bond motifs is 3. The van der Waals surface area contributed by atoms with Crippen LogP contribution in [0.1, 0.15) is 33.6 Å². The van der Waals surface area contributed by atoms with Gasteiger partial charge in [-0.25, -0.2) is 0 Å². The van der Waals surface area contributed by atoms with Gasteiger partial charge in [-0.05, 0) is 32.5 Å². The van der Waals surface area contributed by atoms with Gasteiger partial charge in [-0.15, -0.1) is 0 Å². The number of hydrogen-bond donors (Lipinski definition) is 1. The molecule has 0 spiro atoms. The maximum absolute atomic E-state index is 12.5. The molecule has 2 unspecified atom stereocenters. The number of rotatable bonds is 4. The third-order valence-electron chi connectivity index (χ3n) is 5.66. The Labute approximate surface area is 164 Å². The van der Waals surface area contributed by atoms with Crippen LogP contribution >= 0.6 is 0 Å². The number of ketones is 1. The topological polar surface area (TPSA) is 67.3 Å². The molecule has 0 aliphatic carbocycles. The molecule has 2 fully saturated rings. The highest BCUT2D eigenvalue weighted by Crippen LogP contribution is 2.16. The molecular weight excluding hydrogens is 344 g/mol. The molecular formula is C20H38N4O3. The van der Waals surface area contributed by atoms with E-state index in [1.54, 1.807) is 0 Å². The zero-order valence-corrected chi connectivity index (χ0v) is 17.5. The summed E-state index contributed by atoms with van der Waals surface area (Å²) in [7, 11) is 0. The molecule has 7 heteroatoms. The minimum atomic E-state index is -0.740. The molecule has 0 aromatic rings. The summed E-state index contributed by atoms with van der Waals surface area (Å²) in [6.45, 7) is 16.2. The minimum Gasteiger partial charge on any atom is -0.480 e. The Balaban J connectivity index is 1.97. The van der Waals surface area contributed by atoms with Gasteiger partial charge in [0.05, 0.1) is 13.1 Å². The van der Waals surface area contributed by atoms with E-state index in [9.17, 15) is 9.59 Å². The molecule has 2 heterocycles. The molecule has 1 N–H and O–H groups in total. The highest BCUT2D eigenvalue weighted by atomic mass is 16.4. The standard InChI is InChI=1S/C20H38N4O3/c1-20(2,3)18(25)16-23-8-4-6-22-11-10-21(12-14-23)7-5-9-24(15-13-22)17-19(26)27/h4-17H2,1-3H3,(H,26,27). The molecule has 2 aliphatic heterocycles. The smallest absolute Gasteiger partial charge is 0.317 e. The molecule has 0 aromatic heterocycles. The first-order valence-electron chi connectivity index (χ1n) is 10.4. The van der Waals surface area contributed by atoms with Crippen LogP contribution in [0, 0.1) is 5.41 Å². The van der Waals surface area contributed by atoms with E-state index in [1.807, 2.05) is 20.8 Å². The minimum absolute atomic E-state index is 0.135. The summed E-state index contributed by atoms with van der Waals surface area (Å²) < 4.78 is 0. The second-order valence-corrected chi connectivity index (χ2v) is 9.01. The van der Waals surface area contributed by atoms with Crippen molar-refractivity contribution in [3.63, 3.8) is 0 Å². The number of aliphatic carboxylic acids is 1. The van der Waals surface area contributed by atoms with Gasteiger partial charge >= 0.3 is 5.97 Å². The lowest BCUT2D eigenvalue weighted by Crippen LogP contribution is -2.48. The van der Waals surface area contributed by atoms with Gasteiger partial charge in [0.2, 0.25) is 0 Å². The highest BCUT2D eigenvalue weighted by Gasteiger charge is 2.25. The maximum Gasteiger partial charge on any atom is 0.317 e. The molecule has 2 aliphatic rings. The summed E-state index contributed by atoms with van der Waals surface area (Å²) in [6.07, 6.45) is 2.05. The third kappa shape index (κ3) is 8.25. The van der Waals surface area contributed by atoms with E-state index in [2.05, 4.69) is 19.6 Å². The molecule has 27 heavy (non-hydrogen) atoms. The number of carboxylic acids is 1. The lowest BCUT2D eigenvalue weighted by atomic mass is 9.90. The Morgan fingerprint density at radius 1 is 0.704 bits per heavy atom. The first-order valence-corrected chi connectivity index (χ1v) is 10.4. The molecule has 0 aromatic carbocycles. The van der Waals surface area contributed by atoms with Crippen molar-refractivity contribution in [1.82, 2.24) is 19.6 Å². The number of Topliss-reactive ketones (excluding diaryl/α,β-unsaturated/α-hetero) is 1. The van der Waals surface area contributed by atoms with E-state index in [1.165, 1.54) is 0 Å². The Kier molecular flexibility index (Phi) is 8.66. The molecule has 2 rings (SSSR count). The first kappa shape index (κ1) is 22.3. The Bertz CT molecular complexity index is 492. The lowest BCUT2D eigenvalue weighted by Gasteiger charge is -2.35. The normalized spacial score (nSPS) is 27.2. The monoisotopic (exact) mass is 382 g/mol. The summed E-state index contributed by atoms with van der Waals surface area (Å²) in [5, 5.41) is 9.13. The number of carboxylic acid groups (broad SMARTS) is 1. The van der Waals surface area contributed by atoms with Gasteiger partial charge in [-0.3, -0.25) is 19.4 Å². The van der Waals surface area contributed by atoms with Gasteiger partial charge in [0.15, 0.2) is 5.78 Å². The molecule has 0 saturated carbocycles. The second kappa shape index (κ2) is 10.5. The second-order valence-electron chi connectivity index (χ2n) is 9.01. The van der Waals surface area contributed by atoms with E-state index in [4.69, 9.17) is 5.11 Å². The third-order valence-corrected chi connectivity index (χ3v) is 5.66. The Morgan fingerprint density at radius 2 is 1.15 bits per heavy atom. The molecule has 0 amide bonds. The molecule has 2 saturated heterocycles. The van der Waals surface area contributed by atoms with E-state index < -0.39 is 5.97 Å². The molecule has 0 radical (unpaired) electrons. The van der Waals surface area contributed by atoms with Crippen molar-refractivity contribution in [3.05, 3.63) is 0 Å². The van der Waals surface area contributed by atoms with Crippen molar-refractivity contribution in [2.45, 2.75) is 33.6 Å². The van der Waals surface area contributed by atoms with Crippen molar-refractivity contribution in [2.75, 3.05) is 78.5 Å². The average Bonchev–Trinajstić information content (AvgIpc) is 2.58. The van der Waals surface area contributed by atoms with Crippen molar-refractivity contribution in [3.8, 4) is 0 Å². The quantitative estimate of drug-likeness (QED) is 0.768. The summed E-state index contributed by atoms with van der Waals surface area (Å²) in [4.78, 5) is 32.9. The fraction of sp³-hybridized carbons (Fsp3) is 0.900. The lowest BCUT2D eigenvalue weighted by molar-refractivity contribution is -0.138. The van der Waals surface area contributed by atoms with Crippen LogP contribution in [0.5, 0.6) is 0 Å². The Morgan fingerprint density at radius 3 is 1.59 bits per heavy atom. The Hall–Kier alpha value is -1.02. The number of nitrogens with zero attached hydrogens (tertiary/aromatic N) is 4. The summed E-state index contributed by atoms with van der Waals surface area (Å²) in [6, 6.07) is 0. The first-order chi connectivity index (χ1) is 12.7. The van der Waals surface area contributed by atoms with Crippen molar-refractivity contribution in [1.29, 1.82) is 0 Å². The molecule has 156 valence electrons. The summed E-state index contributed by atoms with van der Waals surface area (Å²) >= 11 is 0. The molecule has 7 nitrogen and oxygen atoms in total. The van der Waals surface area contributed by atoms with Crippen LogP contribution in [0.25, 0.3) is 0 Å². The van der Waals surface area contributed by atoms with E-state index in [-0.39, 0.29) is 12.0 Å². The predicted molar refractivity (Wildman–Crippen MR) is 107 cm³/mol. The fourth-order valence-electron chi connectivity index (χ4n) is 3.73. The van der Waals surface area contributed by atoms with Gasteiger partial charge in [0.1, 0.15) is 0 Å².